The van der Waals surface area contributed by atoms with E-state index in [1.54, 1.807) is 0 Å². The molecule has 0 radical (unpaired) electrons. The van der Waals surface area contributed by atoms with Gasteiger partial charge in [-0.3, -0.25) is 5.32 Å². The Morgan fingerprint density at radius 3 is 1.77 bits per heavy atom. The van der Waals surface area contributed by atoms with Gasteiger partial charge in [0, 0.05) is 18.0 Å². The van der Waals surface area contributed by atoms with Gasteiger partial charge in [0.2, 0.25) is 0 Å². The maximum absolute atomic E-state index is 9.57. The van der Waals surface area contributed by atoms with Crippen molar-refractivity contribution in [1.82, 2.24) is 5.32 Å². The molecule has 0 amide bonds. The molecule has 0 saturated heterocycles. The number of carbonyl (C=O) groups excluding carboxylic acids is 1. The highest BCUT2D eigenvalue weighted by atomic mass is 32.1. The number of carbonyl (C=O) groups is 1. The number of aldehydes is 1. The molecule has 3 atom stereocenters. The maximum Gasteiger partial charge on any atom is 0.123 e. The standard InChI is InChI=1S/C13H16N2.C8H11N.C4H6O.H2S/c1-10(11-5-3-2-4-6-11)15-13(9-14)12-7-8-12;1-7(9)8-5-3-2-4-6-8;5-3-4-1-2-4;/h2-6,10,12-13,15H,7-8H2,1H3;2-7H,9H2,1H3;3-4H,1-2H2;1H2/t10-,13?;7-;;/m00../s1. The van der Waals surface area contributed by atoms with Crippen molar-refractivity contribution in [2.24, 2.45) is 17.6 Å². The summed E-state index contributed by atoms with van der Waals surface area (Å²) in [7, 11) is 0. The Balaban J connectivity index is 0.000000254. The molecule has 0 heterocycles. The molecule has 4 rings (SSSR count). The molecule has 2 aromatic rings. The van der Waals surface area contributed by atoms with Gasteiger partial charge in [0.05, 0.1) is 12.1 Å². The van der Waals surface area contributed by atoms with E-state index in [0.29, 0.717) is 11.8 Å². The van der Waals surface area contributed by atoms with E-state index in [0.717, 1.165) is 19.1 Å². The van der Waals surface area contributed by atoms with Crippen LogP contribution in [0.5, 0.6) is 0 Å². The Labute approximate surface area is 188 Å². The van der Waals surface area contributed by atoms with E-state index >= 15 is 0 Å². The van der Waals surface area contributed by atoms with Crippen LogP contribution in [0.3, 0.4) is 0 Å². The van der Waals surface area contributed by atoms with E-state index in [9.17, 15) is 4.79 Å². The predicted octanol–water partition coefficient (Wildman–Crippen LogP) is 5.05. The van der Waals surface area contributed by atoms with Crippen LogP contribution in [-0.2, 0) is 4.79 Å². The summed E-state index contributed by atoms with van der Waals surface area (Å²) in [6.07, 6.45) is 5.71. The SMILES string of the molecule is C[C@H](N)c1ccccc1.C[C@H](NC(C#N)C1CC1)c1ccccc1.O=CC1CC1.S. The lowest BCUT2D eigenvalue weighted by Gasteiger charge is -2.18. The molecular formula is C25H35N3OS. The number of nitrogens with one attached hydrogen (secondary N) is 1. The van der Waals surface area contributed by atoms with Crippen molar-refractivity contribution >= 4 is 19.8 Å². The average Bonchev–Trinajstić information content (AvgIpc) is 3.67. The normalized spacial score (nSPS) is 17.3. The number of nitriles is 1. The Bertz CT molecular complexity index is 753. The van der Waals surface area contributed by atoms with Crippen LogP contribution in [0.1, 0.15) is 62.7 Å². The summed E-state index contributed by atoms with van der Waals surface area (Å²) in [6.45, 7) is 4.09. The van der Waals surface area contributed by atoms with Crippen molar-refractivity contribution in [2.75, 3.05) is 0 Å². The van der Waals surface area contributed by atoms with Crippen LogP contribution >= 0.6 is 13.5 Å². The van der Waals surface area contributed by atoms with Crippen molar-refractivity contribution in [3.8, 4) is 6.07 Å². The van der Waals surface area contributed by atoms with E-state index in [1.807, 2.05) is 55.5 Å². The van der Waals surface area contributed by atoms with Crippen LogP contribution in [0.15, 0.2) is 60.7 Å². The van der Waals surface area contributed by atoms with Crippen molar-refractivity contribution < 1.29 is 4.79 Å². The summed E-state index contributed by atoms with van der Waals surface area (Å²) in [4.78, 5) is 9.57. The molecule has 0 bridgehead atoms. The van der Waals surface area contributed by atoms with Crippen LogP contribution in [0.25, 0.3) is 0 Å². The topological polar surface area (TPSA) is 78.9 Å². The fraction of sp³-hybridized carbons (Fsp3) is 0.440. The zero-order chi connectivity index (χ0) is 21.1. The molecule has 0 aromatic heterocycles. The minimum atomic E-state index is 0. The molecule has 0 spiro atoms. The molecular weight excluding hydrogens is 390 g/mol. The minimum Gasteiger partial charge on any atom is -0.324 e. The quantitative estimate of drug-likeness (QED) is 0.635. The van der Waals surface area contributed by atoms with Gasteiger partial charge in [-0.1, -0.05) is 60.7 Å². The highest BCUT2D eigenvalue weighted by Gasteiger charge is 2.31. The minimum absolute atomic E-state index is 0. The third-order valence-electron chi connectivity index (χ3n) is 5.10. The summed E-state index contributed by atoms with van der Waals surface area (Å²) >= 11 is 0. The van der Waals surface area contributed by atoms with E-state index < -0.39 is 0 Å². The van der Waals surface area contributed by atoms with Crippen molar-refractivity contribution in [1.29, 1.82) is 5.26 Å². The van der Waals surface area contributed by atoms with Gasteiger partial charge in [-0.05, 0) is 56.6 Å². The van der Waals surface area contributed by atoms with Crippen LogP contribution in [0, 0.1) is 23.2 Å². The molecule has 2 saturated carbocycles. The summed E-state index contributed by atoms with van der Waals surface area (Å²) in [5.41, 5.74) is 8.05. The second kappa shape index (κ2) is 14.0. The molecule has 5 heteroatoms. The number of nitrogens with two attached hydrogens (primary N) is 1. The van der Waals surface area contributed by atoms with E-state index in [2.05, 4.69) is 30.4 Å². The first kappa shape index (κ1) is 25.9. The fourth-order valence-electron chi connectivity index (χ4n) is 2.80. The number of hydrogen-bond acceptors (Lipinski definition) is 4. The van der Waals surface area contributed by atoms with Gasteiger partial charge in [-0.15, -0.1) is 0 Å². The number of rotatable bonds is 6. The third-order valence-corrected chi connectivity index (χ3v) is 5.10. The molecule has 2 aliphatic carbocycles. The van der Waals surface area contributed by atoms with Gasteiger partial charge < -0.3 is 10.5 Å². The number of hydrogen-bond donors (Lipinski definition) is 2. The molecule has 2 aromatic carbocycles. The van der Waals surface area contributed by atoms with Gasteiger partial charge in [0.15, 0.2) is 0 Å². The highest BCUT2D eigenvalue weighted by Crippen LogP contribution is 2.33. The maximum atomic E-state index is 9.57. The van der Waals surface area contributed by atoms with Gasteiger partial charge >= 0.3 is 0 Å². The van der Waals surface area contributed by atoms with Crippen LogP contribution in [0.2, 0.25) is 0 Å². The molecule has 30 heavy (non-hydrogen) atoms. The molecule has 0 aliphatic heterocycles. The highest BCUT2D eigenvalue weighted by molar-refractivity contribution is 7.59. The van der Waals surface area contributed by atoms with E-state index in [1.165, 1.54) is 24.0 Å². The Kier molecular flexibility index (Phi) is 12.1. The Hall–Kier alpha value is -2.13. The second-order valence-corrected chi connectivity index (χ2v) is 7.92. The molecule has 2 fully saturated rings. The van der Waals surface area contributed by atoms with Crippen molar-refractivity contribution in [3.05, 3.63) is 71.8 Å². The first-order chi connectivity index (χ1) is 14.0. The first-order valence-corrected chi connectivity index (χ1v) is 10.5. The van der Waals surface area contributed by atoms with Crippen LogP contribution < -0.4 is 11.1 Å². The van der Waals surface area contributed by atoms with Crippen molar-refractivity contribution in [3.63, 3.8) is 0 Å². The largest absolute Gasteiger partial charge is 0.324 e. The predicted molar refractivity (Wildman–Crippen MR) is 128 cm³/mol. The molecule has 1 unspecified atom stereocenters. The summed E-state index contributed by atoms with van der Waals surface area (Å²) in [5.74, 6) is 1.04. The molecule has 3 N–H and O–H groups in total. The summed E-state index contributed by atoms with van der Waals surface area (Å²) in [6, 6.07) is 23.1. The zero-order valence-corrected chi connectivity index (χ0v) is 19.0. The lowest BCUT2D eigenvalue weighted by Crippen LogP contribution is -2.31. The smallest absolute Gasteiger partial charge is 0.123 e. The van der Waals surface area contributed by atoms with Gasteiger partial charge in [0.1, 0.15) is 6.29 Å². The lowest BCUT2D eigenvalue weighted by atomic mass is 10.1. The van der Waals surface area contributed by atoms with E-state index in [-0.39, 0.29) is 31.6 Å². The average molecular weight is 426 g/mol. The van der Waals surface area contributed by atoms with Gasteiger partial charge in [-0.2, -0.15) is 18.8 Å². The molecule has 2 aliphatic rings. The number of benzene rings is 2. The third kappa shape index (κ3) is 10.1. The molecule has 4 nitrogen and oxygen atoms in total. The van der Waals surface area contributed by atoms with Crippen LogP contribution in [0.4, 0.5) is 0 Å². The summed E-state index contributed by atoms with van der Waals surface area (Å²) in [5, 5.41) is 12.4. The Morgan fingerprint density at radius 1 is 0.967 bits per heavy atom. The zero-order valence-electron chi connectivity index (χ0n) is 18.0. The van der Waals surface area contributed by atoms with Gasteiger partial charge in [0.25, 0.3) is 0 Å². The first-order valence-electron chi connectivity index (χ1n) is 10.5. The lowest BCUT2D eigenvalue weighted by molar-refractivity contribution is -0.108. The molecule has 162 valence electrons. The fourth-order valence-corrected chi connectivity index (χ4v) is 2.80. The van der Waals surface area contributed by atoms with Gasteiger partial charge in [-0.25, -0.2) is 0 Å². The summed E-state index contributed by atoms with van der Waals surface area (Å²) < 4.78 is 0. The van der Waals surface area contributed by atoms with E-state index in [4.69, 9.17) is 11.0 Å². The van der Waals surface area contributed by atoms with Crippen LogP contribution in [-0.4, -0.2) is 12.3 Å². The van der Waals surface area contributed by atoms with Crippen molar-refractivity contribution in [2.45, 2.75) is 57.7 Å². The second-order valence-electron chi connectivity index (χ2n) is 7.92. The Morgan fingerprint density at radius 2 is 1.47 bits per heavy atom. The monoisotopic (exact) mass is 425 g/mol. The number of nitrogens with zero attached hydrogens (tertiary/aromatic N) is 1.